The SMILES string of the molecule is Cc1ccc(C(CNC(=O)c2ccc3nc(C)c(C)nc3c2)N2CCOCC2)o1. The van der Waals surface area contributed by atoms with Crippen molar-refractivity contribution in [3.63, 3.8) is 0 Å². The molecule has 0 spiro atoms. The van der Waals surface area contributed by atoms with Gasteiger partial charge in [-0.2, -0.15) is 0 Å². The molecule has 1 atom stereocenters. The number of rotatable bonds is 5. The highest BCUT2D eigenvalue weighted by molar-refractivity contribution is 5.97. The largest absolute Gasteiger partial charge is 0.465 e. The van der Waals surface area contributed by atoms with Crippen LogP contribution in [0.25, 0.3) is 11.0 Å². The number of hydrogen-bond acceptors (Lipinski definition) is 6. The molecule has 7 heteroatoms. The van der Waals surface area contributed by atoms with Gasteiger partial charge in [0.05, 0.1) is 41.7 Å². The van der Waals surface area contributed by atoms with E-state index in [1.54, 1.807) is 12.1 Å². The monoisotopic (exact) mass is 394 g/mol. The van der Waals surface area contributed by atoms with Gasteiger partial charge >= 0.3 is 0 Å². The number of aromatic nitrogens is 2. The molecule has 1 fully saturated rings. The Morgan fingerprint density at radius 3 is 2.48 bits per heavy atom. The minimum absolute atomic E-state index is 0.0262. The molecule has 1 aromatic carbocycles. The van der Waals surface area contributed by atoms with E-state index in [2.05, 4.69) is 20.2 Å². The minimum atomic E-state index is -0.131. The van der Waals surface area contributed by atoms with Crippen LogP contribution < -0.4 is 5.32 Å². The van der Waals surface area contributed by atoms with Crippen molar-refractivity contribution in [1.29, 1.82) is 0 Å². The number of carbonyl (C=O) groups is 1. The van der Waals surface area contributed by atoms with E-state index >= 15 is 0 Å². The van der Waals surface area contributed by atoms with Gasteiger partial charge in [0.25, 0.3) is 5.91 Å². The second-order valence-electron chi connectivity index (χ2n) is 7.42. The van der Waals surface area contributed by atoms with Crippen molar-refractivity contribution in [3.8, 4) is 0 Å². The second kappa shape index (κ2) is 8.31. The first-order chi connectivity index (χ1) is 14.0. The van der Waals surface area contributed by atoms with Gasteiger partial charge in [-0.05, 0) is 51.1 Å². The number of morpholine rings is 1. The van der Waals surface area contributed by atoms with Gasteiger partial charge in [0, 0.05) is 25.2 Å². The zero-order valence-electron chi connectivity index (χ0n) is 17.1. The predicted molar refractivity (Wildman–Crippen MR) is 110 cm³/mol. The van der Waals surface area contributed by atoms with Gasteiger partial charge < -0.3 is 14.5 Å². The van der Waals surface area contributed by atoms with E-state index in [1.807, 2.05) is 39.0 Å². The molecule has 0 saturated carbocycles. The fourth-order valence-corrected chi connectivity index (χ4v) is 3.59. The Bertz CT molecular complexity index is 1020. The highest BCUT2D eigenvalue weighted by Gasteiger charge is 2.26. The Labute approximate surface area is 170 Å². The van der Waals surface area contributed by atoms with Crippen molar-refractivity contribution in [3.05, 3.63) is 58.8 Å². The van der Waals surface area contributed by atoms with Gasteiger partial charge in [0.15, 0.2) is 0 Å². The Kier molecular flexibility index (Phi) is 5.60. The van der Waals surface area contributed by atoms with Crippen molar-refractivity contribution >= 4 is 16.9 Å². The Morgan fingerprint density at radius 2 is 1.79 bits per heavy atom. The number of carbonyl (C=O) groups excluding carboxylic acids is 1. The number of benzene rings is 1. The molecule has 1 unspecified atom stereocenters. The highest BCUT2D eigenvalue weighted by Crippen LogP contribution is 2.23. The van der Waals surface area contributed by atoms with Crippen LogP contribution in [0.4, 0.5) is 0 Å². The fourth-order valence-electron chi connectivity index (χ4n) is 3.59. The third kappa shape index (κ3) is 4.31. The van der Waals surface area contributed by atoms with Gasteiger partial charge in [-0.15, -0.1) is 0 Å². The van der Waals surface area contributed by atoms with Crippen LogP contribution >= 0.6 is 0 Å². The van der Waals surface area contributed by atoms with Crippen LogP contribution in [0.2, 0.25) is 0 Å². The molecule has 3 heterocycles. The second-order valence-corrected chi connectivity index (χ2v) is 7.42. The van der Waals surface area contributed by atoms with Crippen LogP contribution in [0.1, 0.15) is 39.3 Å². The zero-order chi connectivity index (χ0) is 20.4. The Balaban J connectivity index is 1.51. The summed E-state index contributed by atoms with van der Waals surface area (Å²) in [5.41, 5.74) is 3.87. The van der Waals surface area contributed by atoms with Crippen molar-refractivity contribution < 1.29 is 13.9 Å². The maximum atomic E-state index is 12.8. The third-order valence-electron chi connectivity index (χ3n) is 5.37. The molecule has 3 aromatic rings. The number of fused-ring (bicyclic) bond motifs is 1. The van der Waals surface area contributed by atoms with Crippen LogP contribution in [-0.2, 0) is 4.74 Å². The maximum Gasteiger partial charge on any atom is 0.251 e. The lowest BCUT2D eigenvalue weighted by molar-refractivity contribution is 0.0117. The number of hydrogen-bond donors (Lipinski definition) is 1. The van der Waals surface area contributed by atoms with Gasteiger partial charge in [-0.1, -0.05) is 0 Å². The Hall–Kier alpha value is -2.77. The lowest BCUT2D eigenvalue weighted by Crippen LogP contribution is -2.43. The van der Waals surface area contributed by atoms with Crippen LogP contribution in [0.3, 0.4) is 0 Å². The molecule has 1 N–H and O–H groups in total. The lowest BCUT2D eigenvalue weighted by Gasteiger charge is -2.33. The maximum absolute atomic E-state index is 12.8. The van der Waals surface area contributed by atoms with Crippen molar-refractivity contribution in [2.24, 2.45) is 0 Å². The number of aryl methyl sites for hydroxylation is 3. The minimum Gasteiger partial charge on any atom is -0.465 e. The van der Waals surface area contributed by atoms with Gasteiger partial charge in [-0.25, -0.2) is 9.97 Å². The first-order valence-electron chi connectivity index (χ1n) is 9.92. The topological polar surface area (TPSA) is 80.5 Å². The van der Waals surface area contributed by atoms with E-state index in [0.29, 0.717) is 25.3 Å². The third-order valence-corrected chi connectivity index (χ3v) is 5.37. The first-order valence-corrected chi connectivity index (χ1v) is 9.92. The zero-order valence-corrected chi connectivity index (χ0v) is 17.1. The molecule has 0 bridgehead atoms. The molecule has 1 saturated heterocycles. The number of amides is 1. The molecule has 1 aliphatic heterocycles. The van der Waals surface area contributed by atoms with Crippen molar-refractivity contribution in [2.75, 3.05) is 32.8 Å². The average Bonchev–Trinajstić information content (AvgIpc) is 3.15. The molecule has 1 aliphatic rings. The summed E-state index contributed by atoms with van der Waals surface area (Å²) in [4.78, 5) is 24.2. The summed E-state index contributed by atoms with van der Waals surface area (Å²) >= 11 is 0. The molecule has 4 rings (SSSR count). The summed E-state index contributed by atoms with van der Waals surface area (Å²) in [6.07, 6.45) is 0. The summed E-state index contributed by atoms with van der Waals surface area (Å²) in [5, 5.41) is 3.07. The Morgan fingerprint density at radius 1 is 1.07 bits per heavy atom. The normalized spacial score (nSPS) is 16.1. The quantitative estimate of drug-likeness (QED) is 0.717. The van der Waals surface area contributed by atoms with Crippen LogP contribution in [0.5, 0.6) is 0 Å². The van der Waals surface area contributed by atoms with E-state index < -0.39 is 0 Å². The number of ether oxygens (including phenoxy) is 1. The molecular weight excluding hydrogens is 368 g/mol. The fraction of sp³-hybridized carbons (Fsp3) is 0.409. The smallest absolute Gasteiger partial charge is 0.251 e. The van der Waals surface area contributed by atoms with Gasteiger partial charge in [0.2, 0.25) is 0 Å². The van der Waals surface area contributed by atoms with E-state index in [0.717, 1.165) is 47.0 Å². The number of furan rings is 1. The van der Waals surface area contributed by atoms with Gasteiger partial charge in [-0.3, -0.25) is 9.69 Å². The van der Waals surface area contributed by atoms with E-state index in [4.69, 9.17) is 9.15 Å². The molecule has 0 radical (unpaired) electrons. The van der Waals surface area contributed by atoms with Crippen molar-refractivity contribution in [1.82, 2.24) is 20.2 Å². The van der Waals surface area contributed by atoms with Crippen LogP contribution in [0.15, 0.2) is 34.7 Å². The van der Waals surface area contributed by atoms with E-state index in [-0.39, 0.29) is 11.9 Å². The summed E-state index contributed by atoms with van der Waals surface area (Å²) in [6, 6.07) is 9.35. The summed E-state index contributed by atoms with van der Waals surface area (Å²) in [7, 11) is 0. The van der Waals surface area contributed by atoms with Crippen LogP contribution in [0, 0.1) is 20.8 Å². The summed E-state index contributed by atoms with van der Waals surface area (Å²) in [5.74, 6) is 1.59. The molecule has 0 aliphatic carbocycles. The molecule has 29 heavy (non-hydrogen) atoms. The van der Waals surface area contributed by atoms with Crippen molar-refractivity contribution in [2.45, 2.75) is 26.8 Å². The predicted octanol–water partition coefficient (Wildman–Crippen LogP) is 2.95. The molecule has 152 valence electrons. The van der Waals surface area contributed by atoms with E-state index in [9.17, 15) is 4.79 Å². The number of nitrogens with zero attached hydrogens (tertiary/aromatic N) is 3. The summed E-state index contributed by atoms with van der Waals surface area (Å²) in [6.45, 7) is 9.24. The number of nitrogens with one attached hydrogen (secondary N) is 1. The first kappa shape index (κ1) is 19.5. The van der Waals surface area contributed by atoms with Gasteiger partial charge in [0.1, 0.15) is 11.5 Å². The lowest BCUT2D eigenvalue weighted by atomic mass is 10.1. The highest BCUT2D eigenvalue weighted by atomic mass is 16.5. The molecule has 1 amide bonds. The molecule has 2 aromatic heterocycles. The summed E-state index contributed by atoms with van der Waals surface area (Å²) < 4.78 is 11.3. The van der Waals surface area contributed by atoms with E-state index in [1.165, 1.54) is 0 Å². The van der Waals surface area contributed by atoms with Crippen LogP contribution in [-0.4, -0.2) is 53.6 Å². The molecular formula is C22H26N4O3. The standard InChI is InChI=1S/C22H26N4O3/c1-14-4-7-21(29-14)20(26-8-10-28-11-9-26)13-23-22(27)17-5-6-18-19(12-17)25-16(3)15(2)24-18/h4-7,12,20H,8-11,13H2,1-3H3,(H,23,27). The molecule has 7 nitrogen and oxygen atoms in total. The average molecular weight is 394 g/mol.